The lowest BCUT2D eigenvalue weighted by atomic mass is 10.1. The lowest BCUT2D eigenvalue weighted by Gasteiger charge is -2.26. The summed E-state index contributed by atoms with van der Waals surface area (Å²) in [5.41, 5.74) is 0. The van der Waals surface area contributed by atoms with Crippen molar-refractivity contribution in [3.63, 3.8) is 0 Å². The van der Waals surface area contributed by atoms with E-state index in [1.165, 1.54) is 32.6 Å². The highest BCUT2D eigenvalue weighted by Crippen LogP contribution is 2.24. The molecule has 11 heavy (non-hydrogen) atoms. The van der Waals surface area contributed by atoms with Crippen LogP contribution in [0.25, 0.3) is 0 Å². The number of fused-ring (bicyclic) bond motifs is 2. The zero-order valence-electron chi connectivity index (χ0n) is 7.58. The minimum absolute atomic E-state index is 0.739. The van der Waals surface area contributed by atoms with Crippen molar-refractivity contribution < 1.29 is 0 Å². The predicted molar refractivity (Wildman–Crippen MR) is 46.4 cm³/mol. The van der Waals surface area contributed by atoms with Crippen LogP contribution in [-0.4, -0.2) is 41.6 Å². The van der Waals surface area contributed by atoms with E-state index in [-0.39, 0.29) is 0 Å². The van der Waals surface area contributed by atoms with E-state index in [4.69, 9.17) is 0 Å². The van der Waals surface area contributed by atoms with E-state index < -0.39 is 0 Å². The SMILES string of the molecule is CC(C)N1CN2CCC[C@@H]1C2. The molecule has 2 rings (SSSR count). The maximum absolute atomic E-state index is 2.63. The van der Waals surface area contributed by atoms with E-state index in [9.17, 15) is 0 Å². The van der Waals surface area contributed by atoms with Gasteiger partial charge in [-0.2, -0.15) is 0 Å². The number of hydrogen-bond donors (Lipinski definition) is 0. The fraction of sp³-hybridized carbons (Fsp3) is 1.00. The molecule has 2 fully saturated rings. The molecule has 0 aromatic carbocycles. The van der Waals surface area contributed by atoms with Gasteiger partial charge in [0.05, 0.1) is 6.67 Å². The van der Waals surface area contributed by atoms with Crippen molar-refractivity contribution >= 4 is 0 Å². The smallest absolute Gasteiger partial charge is 0.0512 e. The van der Waals surface area contributed by atoms with Crippen LogP contribution in [0.5, 0.6) is 0 Å². The highest BCUT2D eigenvalue weighted by Gasteiger charge is 2.34. The largest absolute Gasteiger partial charge is 0.289 e. The van der Waals surface area contributed by atoms with Gasteiger partial charge in [-0.25, -0.2) is 0 Å². The molecule has 0 N–H and O–H groups in total. The maximum atomic E-state index is 2.63. The zero-order chi connectivity index (χ0) is 7.84. The van der Waals surface area contributed by atoms with Crippen LogP contribution in [-0.2, 0) is 0 Å². The van der Waals surface area contributed by atoms with Gasteiger partial charge in [-0.15, -0.1) is 0 Å². The second kappa shape index (κ2) is 2.76. The third-order valence-corrected chi connectivity index (χ3v) is 2.98. The van der Waals surface area contributed by atoms with Crippen molar-refractivity contribution in [3.05, 3.63) is 0 Å². The molecule has 0 aliphatic carbocycles. The molecule has 2 saturated heterocycles. The highest BCUT2D eigenvalue weighted by molar-refractivity contribution is 4.88. The van der Waals surface area contributed by atoms with Crippen molar-refractivity contribution in [2.24, 2.45) is 0 Å². The average molecular weight is 154 g/mol. The molecule has 2 heterocycles. The lowest BCUT2D eigenvalue weighted by molar-refractivity contribution is 0.195. The number of hydrogen-bond acceptors (Lipinski definition) is 2. The summed E-state index contributed by atoms with van der Waals surface area (Å²) >= 11 is 0. The van der Waals surface area contributed by atoms with Crippen LogP contribution in [0.4, 0.5) is 0 Å². The molecule has 2 bridgehead atoms. The van der Waals surface area contributed by atoms with Crippen LogP contribution < -0.4 is 0 Å². The van der Waals surface area contributed by atoms with Crippen LogP contribution in [0.15, 0.2) is 0 Å². The predicted octanol–water partition coefficient (Wildman–Crippen LogP) is 1.13. The van der Waals surface area contributed by atoms with E-state index in [1.807, 2.05) is 0 Å². The quantitative estimate of drug-likeness (QED) is 0.558. The summed E-state index contributed by atoms with van der Waals surface area (Å²) in [5, 5.41) is 0. The van der Waals surface area contributed by atoms with Gasteiger partial charge in [0.2, 0.25) is 0 Å². The molecule has 0 aromatic heterocycles. The van der Waals surface area contributed by atoms with E-state index in [0.717, 1.165) is 12.1 Å². The average Bonchev–Trinajstić information content (AvgIpc) is 2.27. The third-order valence-electron chi connectivity index (χ3n) is 2.98. The first kappa shape index (κ1) is 7.56. The number of nitrogens with zero attached hydrogens (tertiary/aromatic N) is 2. The molecule has 1 unspecified atom stereocenters. The Morgan fingerprint density at radius 2 is 2.18 bits per heavy atom. The van der Waals surface area contributed by atoms with Crippen LogP contribution in [0.3, 0.4) is 0 Å². The molecule has 2 atom stereocenters. The van der Waals surface area contributed by atoms with Crippen LogP contribution in [0, 0.1) is 0 Å². The number of piperidine rings is 1. The Morgan fingerprint density at radius 1 is 1.36 bits per heavy atom. The monoisotopic (exact) mass is 154 g/mol. The van der Waals surface area contributed by atoms with Gasteiger partial charge < -0.3 is 0 Å². The molecule has 64 valence electrons. The lowest BCUT2D eigenvalue weighted by Crippen LogP contribution is -2.36. The van der Waals surface area contributed by atoms with Gasteiger partial charge in [0.15, 0.2) is 0 Å². The minimum atomic E-state index is 0.739. The van der Waals surface area contributed by atoms with Gasteiger partial charge in [0.1, 0.15) is 0 Å². The first-order valence-corrected chi connectivity index (χ1v) is 4.75. The van der Waals surface area contributed by atoms with Crippen LogP contribution in [0.2, 0.25) is 0 Å². The van der Waals surface area contributed by atoms with Crippen molar-refractivity contribution in [1.82, 2.24) is 9.80 Å². The highest BCUT2D eigenvalue weighted by atomic mass is 15.4. The number of rotatable bonds is 1. The molecule has 2 aliphatic rings. The summed E-state index contributed by atoms with van der Waals surface area (Å²) in [6, 6.07) is 1.62. The molecule has 2 nitrogen and oxygen atoms in total. The van der Waals surface area contributed by atoms with Crippen LogP contribution in [0.1, 0.15) is 26.7 Å². The minimum Gasteiger partial charge on any atom is -0.289 e. The molecular formula is C9H18N2. The van der Waals surface area contributed by atoms with Gasteiger partial charge in [0, 0.05) is 18.6 Å². The Bertz CT molecular complexity index is 144. The Morgan fingerprint density at radius 3 is 2.82 bits per heavy atom. The topological polar surface area (TPSA) is 6.48 Å². The first-order valence-electron chi connectivity index (χ1n) is 4.75. The van der Waals surface area contributed by atoms with E-state index in [2.05, 4.69) is 23.6 Å². The second-order valence-electron chi connectivity index (χ2n) is 4.12. The fourth-order valence-corrected chi connectivity index (χ4v) is 2.36. The maximum Gasteiger partial charge on any atom is 0.0512 e. The molecule has 2 aliphatic heterocycles. The van der Waals surface area contributed by atoms with Gasteiger partial charge in [-0.3, -0.25) is 9.80 Å². The van der Waals surface area contributed by atoms with E-state index in [1.54, 1.807) is 0 Å². The Hall–Kier alpha value is -0.0800. The van der Waals surface area contributed by atoms with Gasteiger partial charge in [-0.05, 0) is 33.2 Å². The van der Waals surface area contributed by atoms with Gasteiger partial charge in [-0.1, -0.05) is 0 Å². The summed E-state index contributed by atoms with van der Waals surface area (Å²) in [5.74, 6) is 0. The molecule has 0 amide bonds. The zero-order valence-corrected chi connectivity index (χ0v) is 7.58. The summed E-state index contributed by atoms with van der Waals surface area (Å²) in [6.07, 6.45) is 2.84. The van der Waals surface area contributed by atoms with Crippen molar-refractivity contribution in [3.8, 4) is 0 Å². The first-order chi connectivity index (χ1) is 5.27. The van der Waals surface area contributed by atoms with Crippen molar-refractivity contribution in [1.29, 1.82) is 0 Å². The molecule has 2 heteroatoms. The molecule has 0 spiro atoms. The Balaban J connectivity index is 2.03. The summed E-state index contributed by atoms with van der Waals surface area (Å²) in [4.78, 5) is 5.21. The molecule has 0 saturated carbocycles. The third kappa shape index (κ3) is 1.30. The molecular weight excluding hydrogens is 136 g/mol. The summed E-state index contributed by atoms with van der Waals surface area (Å²) < 4.78 is 0. The van der Waals surface area contributed by atoms with Crippen LogP contribution >= 0.6 is 0 Å². The Labute approximate surface area is 69.2 Å². The van der Waals surface area contributed by atoms with Crippen molar-refractivity contribution in [2.45, 2.75) is 38.8 Å². The standard InChI is InChI=1S/C9H18N2/c1-8(2)11-7-10-5-3-4-9(11)6-10/h8-9H,3-7H2,1-2H3/t9-/m1/s1. The molecule has 0 radical (unpaired) electrons. The van der Waals surface area contributed by atoms with Crippen molar-refractivity contribution in [2.75, 3.05) is 19.8 Å². The summed E-state index contributed by atoms with van der Waals surface area (Å²) in [7, 11) is 0. The second-order valence-corrected chi connectivity index (χ2v) is 4.12. The van der Waals surface area contributed by atoms with E-state index in [0.29, 0.717) is 0 Å². The normalized spacial score (nSPS) is 38.5. The van der Waals surface area contributed by atoms with Gasteiger partial charge >= 0.3 is 0 Å². The molecule has 0 aromatic rings. The fourth-order valence-electron chi connectivity index (χ4n) is 2.36. The Kier molecular flexibility index (Phi) is 1.90. The van der Waals surface area contributed by atoms with Gasteiger partial charge in [0.25, 0.3) is 0 Å². The summed E-state index contributed by atoms with van der Waals surface area (Å²) in [6.45, 7) is 8.50. The van der Waals surface area contributed by atoms with E-state index >= 15 is 0 Å².